The number of aromatic nitrogens is 5. The Morgan fingerprint density at radius 3 is 2.68 bits per heavy atom. The maximum absolute atomic E-state index is 14.9. The van der Waals surface area contributed by atoms with E-state index in [0.717, 1.165) is 56.7 Å². The molecule has 0 bridgehead atoms. The number of rotatable bonds is 4. The zero-order valence-corrected chi connectivity index (χ0v) is 18.7. The third-order valence-electron chi connectivity index (χ3n) is 6.54. The van der Waals surface area contributed by atoms with Crippen molar-refractivity contribution >= 4 is 28.5 Å². The van der Waals surface area contributed by atoms with Crippen LogP contribution >= 0.6 is 0 Å². The maximum atomic E-state index is 14.9. The van der Waals surface area contributed by atoms with Crippen molar-refractivity contribution in [2.24, 2.45) is 0 Å². The summed E-state index contributed by atoms with van der Waals surface area (Å²) in [6, 6.07) is 7.08. The lowest BCUT2D eigenvalue weighted by Crippen LogP contribution is -2.43. The van der Waals surface area contributed by atoms with Crippen LogP contribution in [0, 0.1) is 11.6 Å². The summed E-state index contributed by atoms with van der Waals surface area (Å²) in [5.41, 5.74) is 2.38. The van der Waals surface area contributed by atoms with Crippen molar-refractivity contribution < 1.29 is 8.78 Å². The number of piperazine rings is 1. The van der Waals surface area contributed by atoms with Gasteiger partial charge in [-0.2, -0.15) is 0 Å². The fourth-order valence-corrected chi connectivity index (χ4v) is 4.79. The highest BCUT2D eigenvalue weighted by Crippen LogP contribution is 2.34. The lowest BCUT2D eigenvalue weighted by Gasteiger charge is -2.29. The lowest BCUT2D eigenvalue weighted by atomic mass is 10.1. The second-order valence-corrected chi connectivity index (χ2v) is 8.77. The first-order valence-electron chi connectivity index (χ1n) is 11.5. The second kappa shape index (κ2) is 8.28. The molecule has 0 aliphatic carbocycles. The zero-order valence-electron chi connectivity index (χ0n) is 18.7. The predicted octanol–water partition coefficient (Wildman–Crippen LogP) is 3.83. The van der Waals surface area contributed by atoms with Crippen LogP contribution in [-0.4, -0.2) is 50.7 Å². The Kier molecular flexibility index (Phi) is 5.09. The third-order valence-corrected chi connectivity index (χ3v) is 6.54. The van der Waals surface area contributed by atoms with E-state index in [0.29, 0.717) is 22.4 Å². The van der Waals surface area contributed by atoms with Crippen LogP contribution in [-0.2, 0) is 6.42 Å². The maximum Gasteiger partial charge on any atom is 0.229 e. The number of benzene rings is 1. The Hall–Kier alpha value is -3.66. The van der Waals surface area contributed by atoms with Crippen molar-refractivity contribution in [2.75, 3.05) is 36.4 Å². The molecule has 34 heavy (non-hydrogen) atoms. The topological polar surface area (TPSA) is 83.8 Å². The van der Waals surface area contributed by atoms with E-state index in [4.69, 9.17) is 0 Å². The number of nitrogens with zero attached hydrogens (tertiary/aromatic N) is 6. The fraction of sp³-hybridized carbons (Fsp3) is 0.333. The van der Waals surface area contributed by atoms with Crippen molar-refractivity contribution in [1.29, 1.82) is 0 Å². The fourth-order valence-electron chi connectivity index (χ4n) is 4.79. The molecule has 1 fully saturated rings. The Morgan fingerprint density at radius 1 is 1.03 bits per heavy atom. The molecular formula is C24H24F2N8. The number of aryl methyl sites for hydroxylation is 1. The molecule has 174 valence electrons. The summed E-state index contributed by atoms with van der Waals surface area (Å²) in [4.78, 5) is 19.6. The van der Waals surface area contributed by atoms with Gasteiger partial charge in [0.05, 0.1) is 23.6 Å². The molecule has 0 spiro atoms. The number of nitrogens with one attached hydrogen (secondary N) is 2. The molecule has 6 rings (SSSR count). The number of pyridine rings is 1. The van der Waals surface area contributed by atoms with Gasteiger partial charge in [0.15, 0.2) is 11.6 Å². The summed E-state index contributed by atoms with van der Waals surface area (Å²) in [5.74, 6) is 0.478. The Morgan fingerprint density at radius 2 is 1.88 bits per heavy atom. The van der Waals surface area contributed by atoms with Crippen LogP contribution < -0.4 is 15.5 Å². The minimum atomic E-state index is -0.625. The standard InChI is InChI=1S/C24H24F2N8/c1-14-2-5-21-31-23-17(25)10-15(11-19(23)34(14)21)22-18(26)13-29-24(32-22)30-20-4-3-16(12-28-20)33-8-6-27-7-9-33/h3-4,10-14,27H,2,5-9H2,1H3,(H,28,29,30,32). The number of hydrogen-bond donors (Lipinski definition) is 2. The number of anilines is 3. The summed E-state index contributed by atoms with van der Waals surface area (Å²) < 4.78 is 31.7. The molecule has 10 heteroatoms. The molecule has 2 aliphatic heterocycles. The Balaban J connectivity index is 1.30. The highest BCUT2D eigenvalue weighted by molar-refractivity contribution is 5.83. The monoisotopic (exact) mass is 462 g/mol. The van der Waals surface area contributed by atoms with Crippen molar-refractivity contribution in [1.82, 2.24) is 29.8 Å². The molecule has 2 aliphatic rings. The molecule has 1 aromatic carbocycles. The Bertz CT molecular complexity index is 1360. The lowest BCUT2D eigenvalue weighted by molar-refractivity contribution is 0.589. The van der Waals surface area contributed by atoms with E-state index in [1.54, 1.807) is 12.3 Å². The van der Waals surface area contributed by atoms with E-state index >= 15 is 0 Å². The number of fused-ring (bicyclic) bond motifs is 3. The van der Waals surface area contributed by atoms with E-state index in [1.807, 2.05) is 16.7 Å². The van der Waals surface area contributed by atoms with Crippen molar-refractivity contribution in [2.45, 2.75) is 25.8 Å². The molecule has 4 aromatic rings. The molecule has 8 nitrogen and oxygen atoms in total. The predicted molar refractivity (Wildman–Crippen MR) is 126 cm³/mol. The number of imidazole rings is 1. The van der Waals surface area contributed by atoms with Gasteiger partial charge in [0.25, 0.3) is 0 Å². The van der Waals surface area contributed by atoms with Crippen molar-refractivity contribution in [3.63, 3.8) is 0 Å². The average Bonchev–Trinajstić information content (AvgIpc) is 3.41. The van der Waals surface area contributed by atoms with Gasteiger partial charge >= 0.3 is 0 Å². The van der Waals surface area contributed by atoms with Crippen LogP contribution in [0.1, 0.15) is 25.2 Å². The minimum Gasteiger partial charge on any atom is -0.368 e. The first kappa shape index (κ1) is 20.9. The van der Waals surface area contributed by atoms with Gasteiger partial charge in [0, 0.05) is 44.2 Å². The molecule has 2 N–H and O–H groups in total. The number of halogens is 2. The van der Waals surface area contributed by atoms with E-state index in [2.05, 4.69) is 42.4 Å². The van der Waals surface area contributed by atoms with Crippen LogP contribution in [0.2, 0.25) is 0 Å². The molecule has 1 unspecified atom stereocenters. The molecule has 1 saturated heterocycles. The van der Waals surface area contributed by atoms with Gasteiger partial charge in [-0.05, 0) is 37.6 Å². The molecule has 0 amide bonds. The normalized spacial score (nSPS) is 17.9. The molecule has 0 saturated carbocycles. The average molecular weight is 463 g/mol. The molecule has 3 aromatic heterocycles. The highest BCUT2D eigenvalue weighted by Gasteiger charge is 2.25. The van der Waals surface area contributed by atoms with Crippen molar-refractivity contribution in [3.8, 4) is 11.3 Å². The summed E-state index contributed by atoms with van der Waals surface area (Å²) >= 11 is 0. The Labute approximate surface area is 195 Å². The van der Waals surface area contributed by atoms with Gasteiger partial charge in [0.2, 0.25) is 5.95 Å². The van der Waals surface area contributed by atoms with Gasteiger partial charge in [0.1, 0.15) is 22.9 Å². The SMILES string of the molecule is CC1CCc2nc3c(F)cc(-c4nc(Nc5ccc(N6CCNCC6)cn5)ncc4F)cc3n21. The van der Waals surface area contributed by atoms with Gasteiger partial charge in [-0.1, -0.05) is 0 Å². The third kappa shape index (κ3) is 3.63. The molecular weight excluding hydrogens is 438 g/mol. The smallest absolute Gasteiger partial charge is 0.229 e. The van der Waals surface area contributed by atoms with Gasteiger partial charge in [-0.25, -0.2) is 28.7 Å². The van der Waals surface area contributed by atoms with E-state index in [1.165, 1.54) is 6.07 Å². The first-order chi connectivity index (χ1) is 16.6. The summed E-state index contributed by atoms with van der Waals surface area (Å²) in [6.07, 6.45) is 4.65. The second-order valence-electron chi connectivity index (χ2n) is 8.77. The van der Waals surface area contributed by atoms with E-state index in [-0.39, 0.29) is 17.7 Å². The summed E-state index contributed by atoms with van der Waals surface area (Å²) in [7, 11) is 0. The van der Waals surface area contributed by atoms with Crippen LogP contribution in [0.5, 0.6) is 0 Å². The largest absolute Gasteiger partial charge is 0.368 e. The molecule has 1 atom stereocenters. The van der Waals surface area contributed by atoms with E-state index < -0.39 is 11.6 Å². The van der Waals surface area contributed by atoms with Crippen LogP contribution in [0.25, 0.3) is 22.3 Å². The van der Waals surface area contributed by atoms with Gasteiger partial charge in [-0.3, -0.25) is 0 Å². The summed E-state index contributed by atoms with van der Waals surface area (Å²) in [5, 5.41) is 6.35. The summed E-state index contributed by atoms with van der Waals surface area (Å²) in [6.45, 7) is 5.83. The quantitative estimate of drug-likeness (QED) is 0.477. The van der Waals surface area contributed by atoms with E-state index in [9.17, 15) is 8.78 Å². The van der Waals surface area contributed by atoms with Crippen LogP contribution in [0.4, 0.5) is 26.2 Å². The first-order valence-corrected chi connectivity index (χ1v) is 11.5. The van der Waals surface area contributed by atoms with Gasteiger partial charge in [-0.15, -0.1) is 0 Å². The highest BCUT2D eigenvalue weighted by atomic mass is 19.1. The molecule has 0 radical (unpaired) electrons. The van der Waals surface area contributed by atoms with Crippen LogP contribution in [0.15, 0.2) is 36.7 Å². The number of hydrogen-bond acceptors (Lipinski definition) is 7. The van der Waals surface area contributed by atoms with Crippen molar-refractivity contribution in [3.05, 3.63) is 54.1 Å². The van der Waals surface area contributed by atoms with Gasteiger partial charge < -0.3 is 20.1 Å². The zero-order chi connectivity index (χ0) is 23.2. The van der Waals surface area contributed by atoms with Crippen LogP contribution in [0.3, 0.4) is 0 Å². The molecule has 5 heterocycles. The minimum absolute atomic E-state index is 0.0249.